The Balaban J connectivity index is 1.61. The van der Waals surface area contributed by atoms with Gasteiger partial charge in [0.05, 0.1) is 11.8 Å². The van der Waals surface area contributed by atoms with Crippen LogP contribution in [0.15, 0.2) is 54.7 Å². The molecule has 0 amide bonds. The van der Waals surface area contributed by atoms with E-state index in [0.717, 1.165) is 37.2 Å². The molecule has 0 bridgehead atoms. The highest BCUT2D eigenvalue weighted by Gasteiger charge is 2.30. The second-order valence-electron chi connectivity index (χ2n) is 6.23. The largest absolute Gasteiger partial charge is 0.416 e. The summed E-state index contributed by atoms with van der Waals surface area (Å²) >= 11 is 0. The minimum Gasteiger partial charge on any atom is -0.325 e. The Morgan fingerprint density at radius 2 is 1.89 bits per heavy atom. The van der Waals surface area contributed by atoms with Gasteiger partial charge in [-0.05, 0) is 42.7 Å². The van der Waals surface area contributed by atoms with E-state index in [1.165, 1.54) is 17.7 Å². The van der Waals surface area contributed by atoms with E-state index in [-0.39, 0.29) is 11.6 Å². The number of rotatable bonds is 3. The second-order valence-corrected chi connectivity index (χ2v) is 6.23. The van der Waals surface area contributed by atoms with E-state index in [4.69, 9.17) is 0 Å². The highest BCUT2D eigenvalue weighted by molar-refractivity contribution is 5.66. The Morgan fingerprint density at radius 3 is 2.74 bits per heavy atom. The van der Waals surface area contributed by atoms with Gasteiger partial charge >= 0.3 is 6.18 Å². The third kappa shape index (κ3) is 3.69. The highest BCUT2D eigenvalue weighted by Crippen LogP contribution is 2.33. The summed E-state index contributed by atoms with van der Waals surface area (Å²) in [6.07, 6.45) is -0.868. The van der Waals surface area contributed by atoms with Gasteiger partial charge in [0.2, 0.25) is 5.95 Å². The number of aryl methyl sites for hydroxylation is 1. The summed E-state index contributed by atoms with van der Waals surface area (Å²) in [4.78, 5) is 6.49. The molecule has 0 saturated carbocycles. The lowest BCUT2D eigenvalue weighted by molar-refractivity contribution is -0.137. The van der Waals surface area contributed by atoms with Crippen LogP contribution in [0.1, 0.15) is 17.5 Å². The number of hydrogen-bond acceptors (Lipinski definition) is 5. The quantitative estimate of drug-likeness (QED) is 0.722. The standard InChI is InChI=1S/C19H16F3N5/c20-19(21,22)14-7-3-8-15(11-14)24-18-25-17(12-23-26-18)27-10-4-6-13-5-1-2-9-16(13)27/h1-3,5,7-9,11-12H,4,6,10H2,(H,24,25,26). The van der Waals surface area contributed by atoms with Crippen LogP contribution in [0.3, 0.4) is 0 Å². The first kappa shape index (κ1) is 17.3. The molecule has 5 nitrogen and oxygen atoms in total. The maximum absolute atomic E-state index is 12.9. The zero-order valence-corrected chi connectivity index (χ0v) is 14.2. The number of nitrogens with one attached hydrogen (secondary N) is 1. The van der Waals surface area contributed by atoms with E-state index in [0.29, 0.717) is 5.82 Å². The average molecular weight is 371 g/mol. The highest BCUT2D eigenvalue weighted by atomic mass is 19.4. The average Bonchev–Trinajstić information content (AvgIpc) is 2.67. The number of nitrogens with zero attached hydrogens (tertiary/aromatic N) is 4. The van der Waals surface area contributed by atoms with Crippen LogP contribution in [-0.4, -0.2) is 21.7 Å². The van der Waals surface area contributed by atoms with Crippen molar-refractivity contribution in [2.45, 2.75) is 19.0 Å². The lowest BCUT2D eigenvalue weighted by atomic mass is 10.0. The molecule has 0 atom stereocenters. The molecule has 0 fully saturated rings. The Bertz CT molecular complexity index is 958. The van der Waals surface area contributed by atoms with Crippen molar-refractivity contribution in [3.63, 3.8) is 0 Å². The molecule has 1 aliphatic heterocycles. The molecule has 0 saturated heterocycles. The molecule has 0 unspecified atom stereocenters. The molecule has 1 aromatic heterocycles. The SMILES string of the molecule is FC(F)(F)c1cccc(Nc2nncc(N3CCCc4ccccc43)n2)c1. The summed E-state index contributed by atoms with van der Waals surface area (Å²) in [5, 5.41) is 10.7. The van der Waals surface area contributed by atoms with Crippen molar-refractivity contribution < 1.29 is 13.2 Å². The first-order valence-electron chi connectivity index (χ1n) is 8.50. The fraction of sp³-hybridized carbons (Fsp3) is 0.211. The van der Waals surface area contributed by atoms with Crippen LogP contribution in [0.25, 0.3) is 0 Å². The van der Waals surface area contributed by atoms with Crippen LogP contribution in [0.4, 0.5) is 36.3 Å². The molecule has 1 aliphatic rings. The first-order valence-corrected chi connectivity index (χ1v) is 8.50. The summed E-state index contributed by atoms with van der Waals surface area (Å²) in [5.41, 5.74) is 1.81. The molecule has 138 valence electrons. The topological polar surface area (TPSA) is 53.9 Å². The molecule has 3 aromatic rings. The van der Waals surface area contributed by atoms with Crippen molar-refractivity contribution in [3.05, 3.63) is 65.9 Å². The molecular formula is C19H16F3N5. The molecule has 1 N–H and O–H groups in total. The van der Waals surface area contributed by atoms with Gasteiger partial charge in [-0.1, -0.05) is 24.3 Å². The summed E-state index contributed by atoms with van der Waals surface area (Å²) in [7, 11) is 0. The van der Waals surface area contributed by atoms with Crippen molar-refractivity contribution in [3.8, 4) is 0 Å². The zero-order chi connectivity index (χ0) is 18.9. The summed E-state index contributed by atoms with van der Waals surface area (Å²) < 4.78 is 38.6. The maximum atomic E-state index is 12.9. The molecule has 8 heteroatoms. The van der Waals surface area contributed by atoms with E-state index in [1.54, 1.807) is 6.20 Å². The van der Waals surface area contributed by atoms with E-state index in [2.05, 4.69) is 26.6 Å². The van der Waals surface area contributed by atoms with Crippen molar-refractivity contribution >= 4 is 23.1 Å². The van der Waals surface area contributed by atoms with E-state index in [9.17, 15) is 13.2 Å². The molecule has 2 heterocycles. The maximum Gasteiger partial charge on any atom is 0.416 e. The summed E-state index contributed by atoms with van der Waals surface area (Å²) in [5.74, 6) is 0.751. The number of benzene rings is 2. The monoisotopic (exact) mass is 371 g/mol. The smallest absolute Gasteiger partial charge is 0.325 e. The van der Waals surface area contributed by atoms with Crippen LogP contribution < -0.4 is 10.2 Å². The van der Waals surface area contributed by atoms with Crippen molar-refractivity contribution in [2.75, 3.05) is 16.8 Å². The van der Waals surface area contributed by atoms with E-state index in [1.807, 2.05) is 23.1 Å². The van der Waals surface area contributed by atoms with Crippen LogP contribution in [0.5, 0.6) is 0 Å². The number of fused-ring (bicyclic) bond motifs is 1. The van der Waals surface area contributed by atoms with Gasteiger partial charge in [-0.2, -0.15) is 23.3 Å². The molecule has 27 heavy (non-hydrogen) atoms. The Morgan fingerprint density at radius 1 is 1.04 bits per heavy atom. The number of halogens is 3. The van der Waals surface area contributed by atoms with Gasteiger partial charge in [0.1, 0.15) is 0 Å². The van der Waals surface area contributed by atoms with Crippen molar-refractivity contribution in [1.29, 1.82) is 0 Å². The van der Waals surface area contributed by atoms with Crippen LogP contribution in [0.2, 0.25) is 0 Å². The van der Waals surface area contributed by atoms with Gasteiger partial charge in [0.15, 0.2) is 5.82 Å². The Labute approximate surface area is 153 Å². The minimum atomic E-state index is -4.41. The van der Waals surface area contributed by atoms with Crippen molar-refractivity contribution in [2.24, 2.45) is 0 Å². The zero-order valence-electron chi connectivity index (χ0n) is 14.2. The van der Waals surface area contributed by atoms with Gasteiger partial charge in [-0.25, -0.2) is 0 Å². The number of hydrogen-bond donors (Lipinski definition) is 1. The number of anilines is 4. The van der Waals surface area contributed by atoms with E-state index < -0.39 is 11.7 Å². The van der Waals surface area contributed by atoms with Gasteiger partial charge in [-0.15, -0.1) is 5.10 Å². The third-order valence-corrected chi connectivity index (χ3v) is 4.38. The molecule has 0 aliphatic carbocycles. The lowest BCUT2D eigenvalue weighted by Gasteiger charge is -2.30. The summed E-state index contributed by atoms with van der Waals surface area (Å²) in [6, 6.07) is 13.0. The fourth-order valence-electron chi connectivity index (χ4n) is 3.15. The lowest BCUT2D eigenvalue weighted by Crippen LogP contribution is -2.25. The number of para-hydroxylation sites is 1. The van der Waals surface area contributed by atoms with Crippen molar-refractivity contribution in [1.82, 2.24) is 15.2 Å². The minimum absolute atomic E-state index is 0.148. The number of alkyl halides is 3. The molecule has 0 spiro atoms. The Hall–Kier alpha value is -3.16. The predicted octanol–water partition coefficient (Wildman–Crippen LogP) is 4.72. The molecular weight excluding hydrogens is 355 g/mol. The van der Waals surface area contributed by atoms with Gasteiger partial charge in [-0.3, -0.25) is 0 Å². The predicted molar refractivity (Wildman–Crippen MR) is 96.3 cm³/mol. The number of aromatic nitrogens is 3. The third-order valence-electron chi connectivity index (χ3n) is 4.38. The van der Waals surface area contributed by atoms with Gasteiger partial charge < -0.3 is 10.2 Å². The van der Waals surface area contributed by atoms with Gasteiger partial charge in [0.25, 0.3) is 0 Å². The molecule has 0 radical (unpaired) electrons. The molecule has 4 rings (SSSR count). The fourth-order valence-corrected chi connectivity index (χ4v) is 3.15. The normalized spacial score (nSPS) is 14.0. The van der Waals surface area contributed by atoms with Crippen LogP contribution >= 0.6 is 0 Å². The van der Waals surface area contributed by atoms with Gasteiger partial charge in [0, 0.05) is 17.9 Å². The van der Waals surface area contributed by atoms with Crippen LogP contribution in [0, 0.1) is 0 Å². The Kier molecular flexibility index (Phi) is 4.39. The first-order chi connectivity index (χ1) is 13.0. The molecule has 2 aromatic carbocycles. The van der Waals surface area contributed by atoms with E-state index >= 15 is 0 Å². The summed E-state index contributed by atoms with van der Waals surface area (Å²) in [6.45, 7) is 0.790. The van der Waals surface area contributed by atoms with Crippen LogP contribution in [-0.2, 0) is 12.6 Å². The second kappa shape index (κ2) is 6.86.